The van der Waals surface area contributed by atoms with Gasteiger partial charge < -0.3 is 12.0 Å². The average molecular weight is 1400 g/mol. The fourth-order valence-electron chi connectivity index (χ4n) is 6.40. The van der Waals surface area contributed by atoms with Crippen LogP contribution in [-0.2, 0) is 64.3 Å². The Morgan fingerprint density at radius 1 is 0.338 bits per heavy atom. The van der Waals surface area contributed by atoms with E-state index in [2.05, 4.69) is 263 Å². The Balaban J connectivity index is 0.00000106. The molecule has 0 aromatic heterocycles. The normalized spacial score (nSPS) is 10.1. The van der Waals surface area contributed by atoms with Gasteiger partial charge in [-0.1, -0.05) is 243 Å². The van der Waals surface area contributed by atoms with Gasteiger partial charge >= 0.3 is 39.4 Å². The first kappa shape index (κ1) is 66.7. The minimum atomic E-state index is -6.09. The van der Waals surface area contributed by atoms with Crippen LogP contribution in [0.3, 0.4) is 0 Å². The van der Waals surface area contributed by atoms with E-state index in [0.717, 1.165) is 0 Å². The molecular weight excluding hydrogens is 1350 g/mol. The number of benzene rings is 8. The second-order valence-corrected chi connectivity index (χ2v) is 24.8. The second kappa shape index (κ2) is 37.4. The number of alkyl halides is 3. The summed E-state index contributed by atoms with van der Waals surface area (Å²) in [5, 5.41) is 11.7. The maximum absolute atomic E-state index is 10.7. The van der Waals surface area contributed by atoms with Crippen molar-refractivity contribution in [3.05, 3.63) is 270 Å². The molecule has 0 aliphatic heterocycles. The van der Waals surface area contributed by atoms with Gasteiger partial charge in [-0.05, 0) is 74.1 Å². The fraction of sp³-hybridized carbons (Fsp3) is 0.0545. The molecule has 0 aliphatic rings. The molecule has 16 heteroatoms. The fourth-order valence-corrected chi connectivity index (χ4v) is 19.3. The second-order valence-electron chi connectivity index (χ2n) is 13.6. The Bertz CT molecular complexity index is 2260. The van der Waals surface area contributed by atoms with Gasteiger partial charge in [0.1, 0.15) is 0 Å². The van der Waals surface area contributed by atoms with E-state index in [1.807, 2.05) is 0 Å². The van der Waals surface area contributed by atoms with Crippen LogP contribution in [-0.4, -0.2) is 30.3 Å². The van der Waals surface area contributed by atoms with E-state index in [-0.39, 0.29) is 47.6 Å². The third-order valence-electron chi connectivity index (χ3n) is 9.39. The van der Waals surface area contributed by atoms with Gasteiger partial charge in [-0.2, -0.15) is 13.2 Å². The Morgan fingerprint density at radius 2 is 0.437 bits per heavy atom. The van der Waals surface area contributed by atoms with E-state index in [0.29, 0.717) is 0 Å². The zero-order chi connectivity index (χ0) is 49.6. The van der Waals surface area contributed by atoms with Crippen molar-refractivity contribution in [1.82, 2.24) is 0 Å². The minimum absolute atomic E-state index is 0. The molecule has 0 heterocycles. The molecule has 0 aliphatic carbocycles. The van der Waals surface area contributed by atoms with Gasteiger partial charge in [0, 0.05) is 52.0 Å². The topological polar surface area (TPSA) is 117 Å². The van der Waals surface area contributed by atoms with Crippen LogP contribution in [0.2, 0.25) is 0 Å². The van der Waals surface area contributed by atoms with Crippen LogP contribution in [0.25, 0.3) is 0 Å². The van der Waals surface area contributed by atoms with Gasteiger partial charge in [0.25, 0.3) is 0 Å². The van der Waals surface area contributed by atoms with Gasteiger partial charge in [0.05, 0.1) is 0 Å². The molecule has 0 atom stereocenters. The summed E-state index contributed by atoms with van der Waals surface area (Å²) in [6.07, 6.45) is 0. The number of halogens is 3. The molecule has 0 fully saturated rings. The predicted octanol–water partition coefficient (Wildman–Crippen LogP) is 10.8. The molecule has 0 N–H and O–H groups in total. The van der Waals surface area contributed by atoms with Crippen LogP contribution in [0.1, 0.15) is 0 Å². The first-order chi connectivity index (χ1) is 33.1. The minimum Gasteiger partial charge on any atom is -0.358 e. The summed E-state index contributed by atoms with van der Waals surface area (Å²) in [6.45, 7) is 13.5. The molecule has 0 amide bonds. The smallest absolute Gasteiger partial charge is 0.00405 e. The maximum atomic E-state index is 10.7. The summed E-state index contributed by atoms with van der Waals surface area (Å²) >= 11 is 0. The van der Waals surface area contributed by atoms with E-state index in [4.69, 9.17) is 26.9 Å². The van der Waals surface area contributed by atoms with Crippen molar-refractivity contribution in [2.75, 3.05) is 11.8 Å². The van der Waals surface area contributed by atoms with Gasteiger partial charge in [0.2, 0.25) is 0 Å². The van der Waals surface area contributed by atoms with E-state index in [9.17, 15) is 13.2 Å². The molecule has 0 bridgehead atoms. The van der Waals surface area contributed by atoms with Crippen molar-refractivity contribution in [3.8, 4) is 0 Å². The molecule has 0 spiro atoms. The summed E-state index contributed by atoms with van der Waals surface area (Å²) in [6, 6.07) is 88.3. The number of rotatable bonds is 12. The number of hydrogen-bond donors (Lipinski definition) is 0. The molecule has 8 aromatic carbocycles. The molecule has 2 radical (unpaired) electrons. The van der Waals surface area contributed by atoms with E-state index >= 15 is 0 Å². The zero-order valence-corrected chi connectivity index (χ0v) is 47.1. The molecule has 8 aromatic rings. The van der Waals surface area contributed by atoms with Gasteiger partial charge in [0.15, 0.2) is 10.1 Å². The van der Waals surface area contributed by atoms with Crippen LogP contribution < -0.4 is 42.4 Å². The van der Waals surface area contributed by atoms with Crippen molar-refractivity contribution >= 4 is 84.2 Å². The van der Waals surface area contributed by atoms with Crippen LogP contribution in [0, 0.1) is 27.4 Å². The predicted molar refractivity (Wildman–Crippen MR) is 280 cm³/mol. The van der Waals surface area contributed by atoms with E-state index in [1.54, 1.807) is 0 Å². The Labute approximate surface area is 448 Å². The van der Waals surface area contributed by atoms with Crippen LogP contribution >= 0.6 is 31.7 Å². The molecule has 71 heavy (non-hydrogen) atoms. The van der Waals surface area contributed by atoms with Crippen molar-refractivity contribution in [2.24, 2.45) is 0 Å². The molecule has 6 nitrogen and oxygen atoms in total. The Kier molecular flexibility index (Phi) is 35.2. The average Bonchev–Trinajstić information content (AvgIpc) is 3.40. The van der Waals surface area contributed by atoms with E-state index in [1.165, 1.54) is 54.2 Å². The summed E-state index contributed by atoms with van der Waals surface area (Å²) in [7, 11) is -7.72. The maximum Gasteiger partial charge on any atom is 0.00405 e. The molecular formula is C55H47F3Ir2O6P4S-2. The first-order valence-corrected chi connectivity index (χ1v) is 27.7. The third-order valence-corrected chi connectivity index (χ3v) is 21.9. The summed E-state index contributed by atoms with van der Waals surface area (Å²) in [4.78, 5) is 0. The van der Waals surface area contributed by atoms with Crippen molar-refractivity contribution < 1.29 is 80.3 Å². The SMILES string of the molecule is O=S(=O)([O-])C(F)(F)F.[C-]#[O+].[C-]#[O+].[C-]#[O+].[CH3-].[Ir].[Ir].c1ccc(P(CP(c2ccccc2)c2ccccc2)c2ccccc2)cc1.c1ccc(P(CP(c2ccccc2)c2ccccc2)c2ccccc2)cc1. The largest absolute Gasteiger partial charge is 0.358 e. The van der Waals surface area contributed by atoms with Crippen LogP contribution in [0.15, 0.2) is 243 Å². The zero-order valence-electron chi connectivity index (χ0n) is 38.0. The summed E-state index contributed by atoms with van der Waals surface area (Å²) < 4.78 is 81.4. The van der Waals surface area contributed by atoms with Crippen molar-refractivity contribution in [2.45, 2.75) is 5.51 Å². The van der Waals surface area contributed by atoms with Crippen LogP contribution in [0.5, 0.6) is 0 Å². The molecule has 370 valence electrons. The van der Waals surface area contributed by atoms with Gasteiger partial charge in [-0.3, -0.25) is 0 Å². The van der Waals surface area contributed by atoms with Crippen LogP contribution in [0.4, 0.5) is 13.2 Å². The summed E-state index contributed by atoms with van der Waals surface area (Å²) in [5.74, 6) is 2.35. The first-order valence-electron chi connectivity index (χ1n) is 20.2. The number of hydrogen-bond acceptors (Lipinski definition) is 3. The van der Waals surface area contributed by atoms with E-state index < -0.39 is 47.3 Å². The standard InChI is InChI=1S/2C25H22P2.CHF3O3S.3CO.CH3.2Ir/c2*1-5-13-22(14-6-1)26(23-15-7-2-8-16-23)21-27(24-17-9-3-10-18-24)25-19-11-4-12-20-25;2-1(3,4)8(5,6)7;3*1-2;;;/h2*1-20H,21H2;(H,5,6,7);;;;1H3;;/q;;;;;;-1;;/p-1. The molecule has 0 unspecified atom stereocenters. The molecule has 0 saturated carbocycles. The quantitative estimate of drug-likeness (QED) is 0.0399. The van der Waals surface area contributed by atoms with Gasteiger partial charge in [-0.25, -0.2) is 8.42 Å². The molecule has 0 saturated heterocycles. The van der Waals surface area contributed by atoms with Crippen molar-refractivity contribution in [1.29, 1.82) is 0 Å². The third kappa shape index (κ3) is 22.6. The summed E-state index contributed by atoms with van der Waals surface area (Å²) in [5.41, 5.74) is -5.65. The molecule has 8 rings (SSSR count). The Hall–Kier alpha value is -4.30. The van der Waals surface area contributed by atoms with Crippen molar-refractivity contribution in [3.63, 3.8) is 0 Å². The van der Waals surface area contributed by atoms with Gasteiger partial charge in [-0.15, -0.1) is 0 Å². The monoisotopic (exact) mass is 1400 g/mol. The Morgan fingerprint density at radius 3 is 0.521 bits per heavy atom.